The molecule has 1 aromatic heterocycles. The molecule has 20 heavy (non-hydrogen) atoms. The van der Waals surface area contributed by atoms with Gasteiger partial charge in [0.05, 0.1) is 12.2 Å². The highest BCUT2D eigenvalue weighted by atomic mass is 32.1. The molecule has 7 heteroatoms. The van der Waals surface area contributed by atoms with Gasteiger partial charge in [0.15, 0.2) is 10.2 Å². The van der Waals surface area contributed by atoms with E-state index in [9.17, 15) is 0 Å². The maximum atomic E-state index is 5.54. The predicted molar refractivity (Wildman–Crippen MR) is 90.1 cm³/mol. The van der Waals surface area contributed by atoms with Gasteiger partial charge in [-0.1, -0.05) is 6.07 Å². The van der Waals surface area contributed by atoms with Crippen LogP contribution in [0.3, 0.4) is 0 Å². The lowest BCUT2D eigenvalue weighted by atomic mass is 10.3. The van der Waals surface area contributed by atoms with Crippen molar-refractivity contribution in [1.29, 1.82) is 0 Å². The van der Waals surface area contributed by atoms with Gasteiger partial charge in [-0.25, -0.2) is 10.0 Å². The van der Waals surface area contributed by atoms with E-state index in [0.29, 0.717) is 16.8 Å². The third kappa shape index (κ3) is 4.36. The van der Waals surface area contributed by atoms with Crippen LogP contribution in [0.1, 0.15) is 5.69 Å². The Labute approximate surface area is 131 Å². The molecule has 0 saturated heterocycles. The molecule has 0 atom stereocenters. The van der Waals surface area contributed by atoms with E-state index >= 15 is 0 Å². The van der Waals surface area contributed by atoms with Gasteiger partial charge >= 0.3 is 0 Å². The maximum Gasteiger partial charge on any atom is 0.193 e. The Morgan fingerprint density at radius 2 is 1.70 bits per heavy atom. The van der Waals surface area contributed by atoms with Gasteiger partial charge in [0.1, 0.15) is 0 Å². The molecule has 0 radical (unpaired) electrons. The summed E-state index contributed by atoms with van der Waals surface area (Å²) in [6.45, 7) is 0.639. The summed E-state index contributed by atoms with van der Waals surface area (Å²) in [5.41, 5.74) is 0.965. The number of thiocarbonyl (C=S) groups is 2. The van der Waals surface area contributed by atoms with Crippen molar-refractivity contribution in [1.82, 2.24) is 24.8 Å². The van der Waals surface area contributed by atoms with Gasteiger partial charge in [0.2, 0.25) is 0 Å². The number of hydrazine groups is 1. The van der Waals surface area contributed by atoms with Crippen LogP contribution >= 0.6 is 24.4 Å². The van der Waals surface area contributed by atoms with Crippen molar-refractivity contribution in [2.24, 2.45) is 0 Å². The Hall–Kier alpha value is -1.31. The van der Waals surface area contributed by atoms with E-state index in [1.165, 1.54) is 0 Å². The Bertz CT molecular complexity index is 461. The first-order valence-electron chi connectivity index (χ1n) is 6.18. The van der Waals surface area contributed by atoms with Gasteiger partial charge in [0.25, 0.3) is 0 Å². The monoisotopic (exact) mass is 311 g/mol. The largest absolute Gasteiger partial charge is 0.354 e. The zero-order valence-electron chi connectivity index (χ0n) is 12.6. The van der Waals surface area contributed by atoms with Crippen molar-refractivity contribution in [2.75, 3.05) is 35.2 Å². The maximum absolute atomic E-state index is 5.54. The predicted octanol–water partition coefficient (Wildman–Crippen LogP) is 1.42. The second-order valence-corrected chi connectivity index (χ2v) is 5.53. The standard InChI is InChI=1S/C13H21N5S2/c1-15(2)12(19)18(16(3)4)13(20)17(5)10-11-8-6-7-9-14-11/h6-9H,10H2,1-5H3. The average Bonchev–Trinajstić information content (AvgIpc) is 2.39. The summed E-state index contributed by atoms with van der Waals surface area (Å²) in [5.74, 6) is 0. The molecule has 0 amide bonds. The lowest BCUT2D eigenvalue weighted by Gasteiger charge is -2.37. The molecule has 0 unspecified atom stereocenters. The minimum Gasteiger partial charge on any atom is -0.354 e. The number of pyridine rings is 1. The molecular formula is C13H21N5S2. The summed E-state index contributed by atoms with van der Waals surface area (Å²) < 4.78 is 0. The Kier molecular flexibility index (Phi) is 6.25. The van der Waals surface area contributed by atoms with E-state index in [2.05, 4.69) is 4.98 Å². The van der Waals surface area contributed by atoms with Crippen LogP contribution in [0.25, 0.3) is 0 Å². The fourth-order valence-electron chi connectivity index (χ4n) is 1.58. The van der Waals surface area contributed by atoms with Crippen LogP contribution in [-0.4, -0.2) is 70.3 Å². The third-order valence-electron chi connectivity index (χ3n) is 2.60. The summed E-state index contributed by atoms with van der Waals surface area (Å²) in [6, 6.07) is 5.84. The van der Waals surface area contributed by atoms with Crippen LogP contribution in [0.5, 0.6) is 0 Å². The minimum absolute atomic E-state index is 0.638. The third-order valence-corrected chi connectivity index (χ3v) is 3.62. The van der Waals surface area contributed by atoms with E-state index in [1.807, 2.05) is 73.3 Å². The topological polar surface area (TPSA) is 25.9 Å². The molecule has 1 rings (SSSR count). The molecular weight excluding hydrogens is 290 g/mol. The zero-order chi connectivity index (χ0) is 15.3. The first-order valence-corrected chi connectivity index (χ1v) is 7.00. The van der Waals surface area contributed by atoms with Crippen LogP contribution in [0.15, 0.2) is 24.4 Å². The highest BCUT2D eigenvalue weighted by molar-refractivity contribution is 7.81. The number of nitrogens with zero attached hydrogens (tertiary/aromatic N) is 5. The van der Waals surface area contributed by atoms with E-state index in [1.54, 1.807) is 6.20 Å². The van der Waals surface area contributed by atoms with Crippen LogP contribution in [0.4, 0.5) is 0 Å². The van der Waals surface area contributed by atoms with Crippen molar-refractivity contribution >= 4 is 34.7 Å². The van der Waals surface area contributed by atoms with E-state index in [-0.39, 0.29) is 0 Å². The normalized spacial score (nSPS) is 10.3. The lowest BCUT2D eigenvalue weighted by Crippen LogP contribution is -2.54. The van der Waals surface area contributed by atoms with Gasteiger partial charge in [-0.05, 0) is 36.6 Å². The fourth-order valence-corrected chi connectivity index (χ4v) is 2.20. The molecule has 1 aromatic rings. The van der Waals surface area contributed by atoms with Crippen molar-refractivity contribution in [3.63, 3.8) is 0 Å². The summed E-state index contributed by atoms with van der Waals surface area (Å²) in [5, 5.41) is 4.97. The molecule has 0 aliphatic carbocycles. The second kappa shape index (κ2) is 7.47. The molecule has 0 aromatic carbocycles. The zero-order valence-corrected chi connectivity index (χ0v) is 14.2. The molecule has 0 aliphatic heterocycles. The SMILES string of the molecule is CN(C)C(=S)N(C(=S)N(C)Cc1ccccn1)N(C)C. The molecule has 0 spiro atoms. The molecule has 110 valence electrons. The number of aromatic nitrogens is 1. The molecule has 0 bridgehead atoms. The Morgan fingerprint density at radius 1 is 1.05 bits per heavy atom. The second-order valence-electron chi connectivity index (χ2n) is 4.80. The quantitative estimate of drug-likeness (QED) is 0.615. The van der Waals surface area contributed by atoms with Crippen molar-refractivity contribution in [3.05, 3.63) is 30.1 Å². The number of hydrogen-bond acceptors (Lipinski definition) is 4. The van der Waals surface area contributed by atoms with Crippen molar-refractivity contribution in [3.8, 4) is 0 Å². The van der Waals surface area contributed by atoms with Gasteiger partial charge in [0, 0.05) is 41.4 Å². The van der Waals surface area contributed by atoms with E-state index in [0.717, 1.165) is 5.69 Å². The highest BCUT2D eigenvalue weighted by Crippen LogP contribution is 2.07. The van der Waals surface area contributed by atoms with Crippen LogP contribution in [-0.2, 0) is 6.54 Å². The first kappa shape index (κ1) is 16.7. The highest BCUT2D eigenvalue weighted by Gasteiger charge is 2.22. The van der Waals surface area contributed by atoms with Gasteiger partial charge in [-0.15, -0.1) is 0 Å². The first-order chi connectivity index (χ1) is 9.34. The van der Waals surface area contributed by atoms with E-state index in [4.69, 9.17) is 24.4 Å². The molecule has 0 saturated carbocycles. The minimum atomic E-state index is 0.638. The fraction of sp³-hybridized carbons (Fsp3) is 0.462. The smallest absolute Gasteiger partial charge is 0.193 e. The Balaban J connectivity index is 2.82. The summed E-state index contributed by atoms with van der Waals surface area (Å²) in [7, 11) is 9.57. The van der Waals surface area contributed by atoms with E-state index < -0.39 is 0 Å². The van der Waals surface area contributed by atoms with Crippen LogP contribution < -0.4 is 0 Å². The molecule has 5 nitrogen and oxygen atoms in total. The van der Waals surface area contributed by atoms with Gasteiger partial charge in [-0.2, -0.15) is 0 Å². The summed E-state index contributed by atoms with van der Waals surface area (Å²) >= 11 is 11.0. The van der Waals surface area contributed by atoms with Gasteiger partial charge in [-0.3, -0.25) is 4.98 Å². The summed E-state index contributed by atoms with van der Waals surface area (Å²) in [6.07, 6.45) is 1.78. The molecule has 0 aliphatic rings. The summed E-state index contributed by atoms with van der Waals surface area (Å²) in [4.78, 5) is 8.12. The number of hydrogen-bond donors (Lipinski definition) is 0. The lowest BCUT2D eigenvalue weighted by molar-refractivity contribution is 0.168. The Morgan fingerprint density at radius 3 is 2.15 bits per heavy atom. The van der Waals surface area contributed by atoms with Crippen molar-refractivity contribution < 1.29 is 0 Å². The van der Waals surface area contributed by atoms with Gasteiger partial charge < -0.3 is 9.80 Å². The molecule has 0 fully saturated rings. The van der Waals surface area contributed by atoms with Crippen molar-refractivity contribution in [2.45, 2.75) is 6.54 Å². The van der Waals surface area contributed by atoms with Crippen LogP contribution in [0, 0.1) is 0 Å². The molecule has 0 N–H and O–H groups in total. The van der Waals surface area contributed by atoms with Crippen LogP contribution in [0.2, 0.25) is 0 Å². The number of rotatable bonds is 3. The average molecular weight is 311 g/mol. The molecule has 1 heterocycles.